The van der Waals surface area contributed by atoms with Crippen LogP contribution >= 0.6 is 0 Å². The van der Waals surface area contributed by atoms with E-state index in [9.17, 15) is 16.8 Å². The van der Waals surface area contributed by atoms with Gasteiger partial charge in [0.25, 0.3) is 0 Å². The van der Waals surface area contributed by atoms with E-state index in [1.165, 1.54) is 24.4 Å². The first kappa shape index (κ1) is 15.5. The van der Waals surface area contributed by atoms with Crippen LogP contribution in [0.3, 0.4) is 0 Å². The van der Waals surface area contributed by atoms with E-state index in [1.807, 2.05) is 0 Å². The van der Waals surface area contributed by atoms with E-state index in [0.29, 0.717) is 5.76 Å². The number of nitrogens with zero attached hydrogens (tertiary/aromatic N) is 1. The minimum atomic E-state index is -3.98. The number of aromatic nitrogens is 1. The molecule has 114 valence electrons. The van der Waals surface area contributed by atoms with Gasteiger partial charge < -0.3 is 10.3 Å². The van der Waals surface area contributed by atoms with Crippen LogP contribution in [0.5, 0.6) is 0 Å². The standard InChI is InChI=1S/C11H13N3O5S2/c1-20(15,16)9-2-3-10(12)11(6-9)21(17,18)14-7-8-4-5-13-19-8/h2-6,14H,7,12H2,1H3. The molecule has 10 heteroatoms. The molecule has 0 saturated heterocycles. The summed E-state index contributed by atoms with van der Waals surface area (Å²) >= 11 is 0. The molecular weight excluding hydrogens is 318 g/mol. The van der Waals surface area contributed by atoms with Gasteiger partial charge in [0.2, 0.25) is 10.0 Å². The second-order valence-corrected chi connectivity index (χ2v) is 8.03. The van der Waals surface area contributed by atoms with E-state index in [1.54, 1.807) is 0 Å². The minimum absolute atomic E-state index is 0.0486. The van der Waals surface area contributed by atoms with Crippen LogP contribution in [-0.2, 0) is 26.4 Å². The Morgan fingerprint density at radius 2 is 1.95 bits per heavy atom. The Hall–Kier alpha value is -1.91. The summed E-state index contributed by atoms with van der Waals surface area (Å²) in [6, 6.07) is 5.01. The molecule has 2 aromatic rings. The van der Waals surface area contributed by atoms with E-state index in [0.717, 1.165) is 12.3 Å². The summed E-state index contributed by atoms with van der Waals surface area (Å²) in [4.78, 5) is -0.429. The minimum Gasteiger partial charge on any atom is -0.398 e. The maximum atomic E-state index is 12.2. The first-order chi connectivity index (χ1) is 9.70. The van der Waals surface area contributed by atoms with Crippen LogP contribution in [0.1, 0.15) is 5.76 Å². The van der Waals surface area contributed by atoms with Gasteiger partial charge in [-0.05, 0) is 18.2 Å². The molecule has 0 atom stereocenters. The van der Waals surface area contributed by atoms with Crippen molar-refractivity contribution in [3.05, 3.63) is 36.2 Å². The second-order valence-electron chi connectivity index (χ2n) is 4.28. The number of nitrogens with two attached hydrogens (primary N) is 1. The van der Waals surface area contributed by atoms with Crippen molar-refractivity contribution >= 4 is 25.5 Å². The Balaban J connectivity index is 2.35. The lowest BCUT2D eigenvalue weighted by molar-refractivity contribution is 0.380. The monoisotopic (exact) mass is 331 g/mol. The van der Waals surface area contributed by atoms with Gasteiger partial charge in [0, 0.05) is 12.3 Å². The number of hydrogen-bond donors (Lipinski definition) is 2. The van der Waals surface area contributed by atoms with Gasteiger partial charge in [0.15, 0.2) is 15.6 Å². The fourth-order valence-electron chi connectivity index (χ4n) is 1.56. The van der Waals surface area contributed by atoms with Crippen molar-refractivity contribution in [2.45, 2.75) is 16.3 Å². The average molecular weight is 331 g/mol. The number of nitrogens with one attached hydrogen (secondary N) is 1. The summed E-state index contributed by atoms with van der Waals surface area (Å²) in [5, 5.41) is 3.45. The number of benzene rings is 1. The first-order valence-electron chi connectivity index (χ1n) is 5.69. The normalized spacial score (nSPS) is 12.4. The average Bonchev–Trinajstić information content (AvgIpc) is 2.88. The van der Waals surface area contributed by atoms with Crippen LogP contribution in [0.25, 0.3) is 0 Å². The van der Waals surface area contributed by atoms with Crippen molar-refractivity contribution in [2.24, 2.45) is 0 Å². The van der Waals surface area contributed by atoms with Crippen molar-refractivity contribution in [1.82, 2.24) is 9.88 Å². The summed E-state index contributed by atoms with van der Waals surface area (Å²) in [6.45, 7) is -0.120. The molecule has 2 rings (SSSR count). The van der Waals surface area contributed by atoms with Gasteiger partial charge in [-0.25, -0.2) is 21.6 Å². The maximum absolute atomic E-state index is 12.2. The fourth-order valence-corrected chi connectivity index (χ4v) is 3.43. The zero-order chi connectivity index (χ0) is 15.7. The number of hydrogen-bond acceptors (Lipinski definition) is 7. The molecule has 21 heavy (non-hydrogen) atoms. The van der Waals surface area contributed by atoms with Crippen LogP contribution in [0.2, 0.25) is 0 Å². The molecule has 1 heterocycles. The molecule has 0 radical (unpaired) electrons. The lowest BCUT2D eigenvalue weighted by Crippen LogP contribution is -2.24. The topological polar surface area (TPSA) is 132 Å². The third-order valence-corrected chi connectivity index (χ3v) is 5.20. The number of sulfonamides is 1. The SMILES string of the molecule is CS(=O)(=O)c1ccc(N)c(S(=O)(=O)NCc2ccno2)c1. The highest BCUT2D eigenvalue weighted by Crippen LogP contribution is 2.22. The number of nitrogen functional groups attached to an aromatic ring is 1. The van der Waals surface area contributed by atoms with Crippen LogP contribution in [0.15, 0.2) is 44.8 Å². The Morgan fingerprint density at radius 1 is 1.24 bits per heavy atom. The highest BCUT2D eigenvalue weighted by Gasteiger charge is 2.20. The van der Waals surface area contributed by atoms with Crippen molar-refractivity contribution in [3.8, 4) is 0 Å². The van der Waals surface area contributed by atoms with Gasteiger partial charge in [-0.1, -0.05) is 5.16 Å². The van der Waals surface area contributed by atoms with Gasteiger partial charge in [-0.3, -0.25) is 0 Å². The molecule has 0 bridgehead atoms. The molecule has 0 aliphatic rings. The zero-order valence-electron chi connectivity index (χ0n) is 11.0. The first-order valence-corrected chi connectivity index (χ1v) is 9.06. The molecule has 0 amide bonds. The molecule has 0 spiro atoms. The van der Waals surface area contributed by atoms with Crippen molar-refractivity contribution in [1.29, 1.82) is 0 Å². The molecule has 8 nitrogen and oxygen atoms in total. The van der Waals surface area contributed by atoms with Gasteiger partial charge in [0.1, 0.15) is 4.90 Å². The highest BCUT2D eigenvalue weighted by atomic mass is 32.2. The Bertz CT molecular complexity index is 842. The molecule has 0 saturated carbocycles. The summed E-state index contributed by atoms with van der Waals surface area (Å²) in [5.74, 6) is 0.316. The lowest BCUT2D eigenvalue weighted by Gasteiger charge is -2.09. The molecule has 1 aromatic heterocycles. The predicted molar refractivity (Wildman–Crippen MR) is 74.5 cm³/mol. The summed E-state index contributed by atoms with van der Waals surface area (Å²) in [7, 11) is -7.51. The number of anilines is 1. The highest BCUT2D eigenvalue weighted by molar-refractivity contribution is 7.91. The van der Waals surface area contributed by atoms with E-state index in [4.69, 9.17) is 10.3 Å². The van der Waals surface area contributed by atoms with E-state index in [2.05, 4.69) is 9.88 Å². The Morgan fingerprint density at radius 3 is 2.52 bits per heavy atom. The molecule has 0 aliphatic carbocycles. The van der Waals surface area contributed by atoms with Crippen LogP contribution in [-0.4, -0.2) is 28.2 Å². The quantitative estimate of drug-likeness (QED) is 0.744. The zero-order valence-corrected chi connectivity index (χ0v) is 12.6. The largest absolute Gasteiger partial charge is 0.398 e. The molecular formula is C11H13N3O5S2. The summed E-state index contributed by atoms with van der Waals surface area (Å²) in [6.07, 6.45) is 2.36. The van der Waals surface area contributed by atoms with Crippen LogP contribution in [0.4, 0.5) is 5.69 Å². The van der Waals surface area contributed by atoms with Crippen molar-refractivity contribution < 1.29 is 21.4 Å². The van der Waals surface area contributed by atoms with E-state index >= 15 is 0 Å². The molecule has 0 unspecified atom stereocenters. The van der Waals surface area contributed by atoms with Gasteiger partial charge in [-0.15, -0.1) is 0 Å². The third-order valence-electron chi connectivity index (χ3n) is 2.63. The van der Waals surface area contributed by atoms with Crippen LogP contribution in [0, 0.1) is 0 Å². The summed E-state index contributed by atoms with van der Waals surface area (Å²) < 4.78 is 54.4. The third kappa shape index (κ3) is 3.60. The molecule has 0 aliphatic heterocycles. The van der Waals surface area contributed by atoms with Gasteiger partial charge >= 0.3 is 0 Å². The van der Waals surface area contributed by atoms with Gasteiger partial charge in [-0.2, -0.15) is 0 Å². The van der Waals surface area contributed by atoms with Crippen LogP contribution < -0.4 is 10.5 Å². The number of sulfone groups is 1. The van der Waals surface area contributed by atoms with Gasteiger partial charge in [0.05, 0.1) is 23.3 Å². The molecule has 1 aromatic carbocycles. The van der Waals surface area contributed by atoms with E-state index < -0.39 is 19.9 Å². The van der Waals surface area contributed by atoms with Crippen molar-refractivity contribution in [2.75, 3.05) is 12.0 Å². The Kier molecular flexibility index (Phi) is 4.03. The second kappa shape index (κ2) is 5.47. The molecule has 3 N–H and O–H groups in total. The maximum Gasteiger partial charge on any atom is 0.243 e. The summed E-state index contributed by atoms with van der Waals surface area (Å²) in [5.41, 5.74) is 5.57. The fraction of sp³-hybridized carbons (Fsp3) is 0.182. The number of rotatable bonds is 5. The molecule has 0 fully saturated rings. The smallest absolute Gasteiger partial charge is 0.243 e. The Labute approximate surface area is 121 Å². The van der Waals surface area contributed by atoms with E-state index in [-0.39, 0.29) is 22.0 Å². The predicted octanol–water partition coefficient (Wildman–Crippen LogP) is 0.139. The lowest BCUT2D eigenvalue weighted by atomic mass is 10.3. The van der Waals surface area contributed by atoms with Crippen molar-refractivity contribution in [3.63, 3.8) is 0 Å².